The van der Waals surface area contributed by atoms with Crippen molar-refractivity contribution in [3.63, 3.8) is 0 Å². The maximum atomic E-state index is 12.6. The van der Waals surface area contributed by atoms with Crippen LogP contribution in [0, 0.1) is 6.92 Å². The zero-order chi connectivity index (χ0) is 19.2. The number of para-hydroxylation sites is 1. The van der Waals surface area contributed by atoms with Crippen LogP contribution >= 0.6 is 0 Å². The van der Waals surface area contributed by atoms with Crippen molar-refractivity contribution in [2.75, 3.05) is 19.1 Å². The predicted molar refractivity (Wildman–Crippen MR) is 105 cm³/mol. The van der Waals surface area contributed by atoms with Crippen molar-refractivity contribution in [1.82, 2.24) is 15.3 Å². The van der Waals surface area contributed by atoms with Gasteiger partial charge in [0.1, 0.15) is 23.1 Å². The summed E-state index contributed by atoms with van der Waals surface area (Å²) in [5.41, 5.74) is 2.31. The Bertz CT molecular complexity index is 911. The van der Waals surface area contributed by atoms with Crippen molar-refractivity contribution in [2.45, 2.75) is 13.5 Å². The Balaban J connectivity index is 1.73. The van der Waals surface area contributed by atoms with Gasteiger partial charge < -0.3 is 15.0 Å². The molecule has 3 aromatic rings. The van der Waals surface area contributed by atoms with Gasteiger partial charge in [-0.05, 0) is 36.8 Å². The first kappa shape index (κ1) is 18.4. The van der Waals surface area contributed by atoms with E-state index in [2.05, 4.69) is 15.3 Å². The number of nitrogens with zero attached hydrogens (tertiary/aromatic N) is 3. The van der Waals surface area contributed by atoms with Crippen molar-refractivity contribution >= 4 is 17.4 Å². The number of anilines is 2. The molecule has 0 aliphatic heterocycles. The maximum Gasteiger partial charge on any atom is 0.270 e. The fraction of sp³-hybridized carbons (Fsp3) is 0.190. The van der Waals surface area contributed by atoms with Crippen molar-refractivity contribution in [3.8, 4) is 5.75 Å². The summed E-state index contributed by atoms with van der Waals surface area (Å²) in [5.74, 6) is 1.76. The zero-order valence-electron chi connectivity index (χ0n) is 15.6. The Morgan fingerprint density at radius 3 is 2.44 bits per heavy atom. The monoisotopic (exact) mass is 362 g/mol. The molecule has 0 fully saturated rings. The fourth-order valence-electron chi connectivity index (χ4n) is 2.64. The molecule has 0 atom stereocenters. The summed E-state index contributed by atoms with van der Waals surface area (Å²) < 4.78 is 5.14. The summed E-state index contributed by atoms with van der Waals surface area (Å²) in [6.07, 6.45) is 0. The third-order valence-corrected chi connectivity index (χ3v) is 4.16. The lowest BCUT2D eigenvalue weighted by atomic mass is 10.2. The van der Waals surface area contributed by atoms with E-state index in [0.29, 0.717) is 23.9 Å². The molecule has 27 heavy (non-hydrogen) atoms. The zero-order valence-corrected chi connectivity index (χ0v) is 15.6. The van der Waals surface area contributed by atoms with E-state index in [9.17, 15) is 4.79 Å². The number of amides is 1. The van der Waals surface area contributed by atoms with E-state index in [0.717, 1.165) is 17.0 Å². The molecule has 138 valence electrons. The Morgan fingerprint density at radius 1 is 1.07 bits per heavy atom. The molecule has 6 heteroatoms. The highest BCUT2D eigenvalue weighted by Gasteiger charge is 2.13. The van der Waals surface area contributed by atoms with Crippen LogP contribution in [0.2, 0.25) is 0 Å². The predicted octanol–water partition coefficient (Wildman–Crippen LogP) is 3.49. The van der Waals surface area contributed by atoms with E-state index in [4.69, 9.17) is 4.74 Å². The second-order valence-electron chi connectivity index (χ2n) is 6.08. The first-order valence-corrected chi connectivity index (χ1v) is 8.62. The molecular formula is C21H22N4O2. The van der Waals surface area contributed by atoms with Gasteiger partial charge in [-0.3, -0.25) is 4.79 Å². The summed E-state index contributed by atoms with van der Waals surface area (Å²) in [4.78, 5) is 23.2. The van der Waals surface area contributed by atoms with Gasteiger partial charge in [-0.15, -0.1) is 0 Å². The molecule has 0 aliphatic carbocycles. The van der Waals surface area contributed by atoms with Crippen molar-refractivity contribution in [1.29, 1.82) is 0 Å². The number of benzene rings is 2. The lowest BCUT2D eigenvalue weighted by molar-refractivity contribution is 0.0945. The quantitative estimate of drug-likeness (QED) is 0.727. The van der Waals surface area contributed by atoms with Crippen LogP contribution in [0.25, 0.3) is 0 Å². The normalized spacial score (nSPS) is 10.3. The molecule has 6 nitrogen and oxygen atoms in total. The number of hydrogen-bond acceptors (Lipinski definition) is 5. The largest absolute Gasteiger partial charge is 0.497 e. The third kappa shape index (κ3) is 4.61. The number of aryl methyl sites for hydroxylation is 1. The Hall–Kier alpha value is -3.41. The van der Waals surface area contributed by atoms with Gasteiger partial charge in [-0.2, -0.15) is 0 Å². The van der Waals surface area contributed by atoms with Crippen LogP contribution in [0.15, 0.2) is 60.7 Å². The molecule has 2 aromatic carbocycles. The standard InChI is InChI=1S/C21H22N4O2/c1-15-23-19(13-20(24-15)25(2)17-7-5-4-6-8-17)21(26)22-14-16-9-11-18(27-3)12-10-16/h4-13H,14H2,1-3H3,(H,22,26). The minimum Gasteiger partial charge on any atom is -0.497 e. The van der Waals surface area contributed by atoms with Crippen molar-refractivity contribution in [2.24, 2.45) is 0 Å². The van der Waals surface area contributed by atoms with Gasteiger partial charge in [0.25, 0.3) is 5.91 Å². The highest BCUT2D eigenvalue weighted by molar-refractivity contribution is 5.93. The Labute approximate surface area is 158 Å². The van der Waals surface area contributed by atoms with Crippen LogP contribution < -0.4 is 15.0 Å². The van der Waals surface area contributed by atoms with Gasteiger partial charge in [0.2, 0.25) is 0 Å². The van der Waals surface area contributed by atoms with Crippen LogP contribution in [0.3, 0.4) is 0 Å². The number of nitrogens with one attached hydrogen (secondary N) is 1. The maximum absolute atomic E-state index is 12.6. The van der Waals surface area contributed by atoms with E-state index in [1.165, 1.54) is 0 Å². The number of carbonyl (C=O) groups is 1. The number of ether oxygens (including phenoxy) is 1. The number of hydrogen-bond donors (Lipinski definition) is 1. The molecule has 0 spiro atoms. The summed E-state index contributed by atoms with van der Waals surface area (Å²) in [5, 5.41) is 2.90. The van der Waals surface area contributed by atoms with E-state index in [-0.39, 0.29) is 5.91 Å². The SMILES string of the molecule is COc1ccc(CNC(=O)c2cc(N(C)c3ccccc3)nc(C)n2)cc1. The lowest BCUT2D eigenvalue weighted by Gasteiger charge is -2.19. The molecular weight excluding hydrogens is 340 g/mol. The van der Waals surface area contributed by atoms with E-state index >= 15 is 0 Å². The Morgan fingerprint density at radius 2 is 1.78 bits per heavy atom. The van der Waals surface area contributed by atoms with Gasteiger partial charge in [-0.1, -0.05) is 30.3 Å². The van der Waals surface area contributed by atoms with Gasteiger partial charge in [0.15, 0.2) is 0 Å². The summed E-state index contributed by atoms with van der Waals surface area (Å²) in [6, 6.07) is 19.1. The lowest BCUT2D eigenvalue weighted by Crippen LogP contribution is -2.25. The van der Waals surface area contributed by atoms with Crippen LogP contribution in [0.1, 0.15) is 21.9 Å². The second-order valence-corrected chi connectivity index (χ2v) is 6.08. The molecule has 0 unspecified atom stereocenters. The van der Waals surface area contributed by atoms with Gasteiger partial charge in [0, 0.05) is 25.3 Å². The van der Waals surface area contributed by atoms with E-state index < -0.39 is 0 Å². The molecule has 0 aliphatic rings. The first-order valence-electron chi connectivity index (χ1n) is 8.62. The molecule has 1 amide bonds. The highest BCUT2D eigenvalue weighted by Crippen LogP contribution is 2.21. The Kier molecular flexibility index (Phi) is 5.66. The third-order valence-electron chi connectivity index (χ3n) is 4.16. The molecule has 0 saturated heterocycles. The van der Waals surface area contributed by atoms with Crippen molar-refractivity contribution in [3.05, 3.63) is 77.7 Å². The van der Waals surface area contributed by atoms with E-state index in [1.807, 2.05) is 66.5 Å². The second kappa shape index (κ2) is 8.31. The van der Waals surface area contributed by atoms with Crippen molar-refractivity contribution < 1.29 is 9.53 Å². The average Bonchev–Trinajstić information content (AvgIpc) is 2.72. The summed E-state index contributed by atoms with van der Waals surface area (Å²) >= 11 is 0. The molecule has 0 bridgehead atoms. The molecule has 0 saturated carbocycles. The minimum absolute atomic E-state index is 0.237. The van der Waals surface area contributed by atoms with E-state index in [1.54, 1.807) is 20.1 Å². The smallest absolute Gasteiger partial charge is 0.270 e. The number of methoxy groups -OCH3 is 1. The number of carbonyl (C=O) groups excluding carboxylic acids is 1. The van der Waals surface area contributed by atoms with Crippen LogP contribution in [0.5, 0.6) is 5.75 Å². The summed E-state index contributed by atoms with van der Waals surface area (Å²) in [7, 11) is 3.54. The molecule has 3 rings (SSSR count). The average molecular weight is 362 g/mol. The minimum atomic E-state index is -0.237. The van der Waals surface area contributed by atoms with Gasteiger partial charge in [0.05, 0.1) is 7.11 Å². The number of aromatic nitrogens is 2. The first-order chi connectivity index (χ1) is 13.1. The fourth-order valence-corrected chi connectivity index (χ4v) is 2.64. The van der Waals surface area contributed by atoms with Gasteiger partial charge in [-0.25, -0.2) is 9.97 Å². The topological polar surface area (TPSA) is 67.3 Å². The molecule has 1 aromatic heterocycles. The highest BCUT2D eigenvalue weighted by atomic mass is 16.5. The molecule has 0 radical (unpaired) electrons. The van der Waals surface area contributed by atoms with Crippen LogP contribution in [-0.2, 0) is 6.54 Å². The number of rotatable bonds is 6. The molecule has 1 heterocycles. The molecule has 1 N–H and O–H groups in total. The van der Waals surface area contributed by atoms with Crippen LogP contribution in [-0.4, -0.2) is 30.0 Å². The van der Waals surface area contributed by atoms with Crippen LogP contribution in [0.4, 0.5) is 11.5 Å². The van der Waals surface area contributed by atoms with Gasteiger partial charge >= 0.3 is 0 Å². The summed E-state index contributed by atoms with van der Waals surface area (Å²) in [6.45, 7) is 2.19.